The lowest BCUT2D eigenvalue weighted by atomic mass is 10.2. The average molecular weight is 328 g/mol. The molecule has 0 aromatic heterocycles. The van der Waals surface area contributed by atoms with Gasteiger partial charge in [-0.1, -0.05) is 13.3 Å². The van der Waals surface area contributed by atoms with E-state index in [0.29, 0.717) is 28.8 Å². The lowest BCUT2D eigenvalue weighted by Crippen LogP contribution is -2.12. The number of unbranched alkanes of at least 4 members (excludes halogenated alkanes) is 1. The molecule has 0 unspecified atom stereocenters. The first-order valence-electron chi connectivity index (χ1n) is 6.35. The molecule has 0 saturated heterocycles. The first-order chi connectivity index (χ1) is 9.08. The Hall–Kier alpha value is -1.36. The minimum absolute atomic E-state index is 0.0218. The Bertz CT molecular complexity index is 460. The molecule has 0 heterocycles. The predicted molar refractivity (Wildman–Crippen MR) is 78.3 cm³/mol. The molecule has 1 aromatic rings. The number of hydrogen-bond acceptors (Lipinski definition) is 3. The van der Waals surface area contributed by atoms with Gasteiger partial charge >= 0.3 is 5.97 Å². The van der Waals surface area contributed by atoms with Gasteiger partial charge < -0.3 is 10.1 Å². The molecule has 1 amide bonds. The molecule has 1 aromatic carbocycles. The van der Waals surface area contributed by atoms with Crippen molar-refractivity contribution < 1.29 is 14.3 Å². The quantitative estimate of drug-likeness (QED) is 0.809. The van der Waals surface area contributed by atoms with E-state index in [-0.39, 0.29) is 11.9 Å². The van der Waals surface area contributed by atoms with E-state index in [0.717, 1.165) is 12.8 Å². The van der Waals surface area contributed by atoms with Gasteiger partial charge in [-0.2, -0.15) is 0 Å². The maximum absolute atomic E-state index is 11.6. The third-order valence-corrected chi connectivity index (χ3v) is 3.17. The SMILES string of the molecule is CCCCC(=O)Nc1ccc(C(=O)OCC)cc1Br. The van der Waals surface area contributed by atoms with Crippen LogP contribution >= 0.6 is 15.9 Å². The zero-order chi connectivity index (χ0) is 14.3. The highest BCUT2D eigenvalue weighted by Crippen LogP contribution is 2.24. The highest BCUT2D eigenvalue weighted by molar-refractivity contribution is 9.10. The maximum Gasteiger partial charge on any atom is 0.338 e. The Morgan fingerprint density at radius 2 is 2.05 bits per heavy atom. The molecule has 0 atom stereocenters. The summed E-state index contributed by atoms with van der Waals surface area (Å²) >= 11 is 3.34. The van der Waals surface area contributed by atoms with E-state index in [1.54, 1.807) is 25.1 Å². The average Bonchev–Trinajstić information content (AvgIpc) is 2.39. The van der Waals surface area contributed by atoms with Crippen molar-refractivity contribution in [3.8, 4) is 0 Å². The Balaban J connectivity index is 2.72. The van der Waals surface area contributed by atoms with E-state index in [1.807, 2.05) is 6.92 Å². The van der Waals surface area contributed by atoms with Gasteiger partial charge in [0.1, 0.15) is 0 Å². The fourth-order valence-corrected chi connectivity index (χ4v) is 1.99. The molecule has 0 spiro atoms. The van der Waals surface area contributed by atoms with Crippen LogP contribution in [-0.4, -0.2) is 18.5 Å². The number of benzene rings is 1. The van der Waals surface area contributed by atoms with Crippen molar-refractivity contribution in [2.75, 3.05) is 11.9 Å². The molecule has 0 fully saturated rings. The lowest BCUT2D eigenvalue weighted by Gasteiger charge is -2.09. The number of carbonyl (C=O) groups excluding carboxylic acids is 2. The van der Waals surface area contributed by atoms with Gasteiger partial charge in [0, 0.05) is 10.9 Å². The van der Waals surface area contributed by atoms with Crippen LogP contribution in [0.4, 0.5) is 5.69 Å². The van der Waals surface area contributed by atoms with Gasteiger partial charge in [-0.3, -0.25) is 4.79 Å². The third-order valence-electron chi connectivity index (χ3n) is 2.51. The Morgan fingerprint density at radius 3 is 2.63 bits per heavy atom. The summed E-state index contributed by atoms with van der Waals surface area (Å²) in [6, 6.07) is 4.98. The standard InChI is InChI=1S/C14H18BrNO3/c1-3-5-6-13(17)16-12-8-7-10(9-11(12)15)14(18)19-4-2/h7-9H,3-6H2,1-2H3,(H,16,17). The molecule has 104 valence electrons. The summed E-state index contributed by atoms with van der Waals surface area (Å²) in [7, 11) is 0. The van der Waals surface area contributed by atoms with Gasteiger partial charge in [-0.25, -0.2) is 4.79 Å². The second-order valence-corrected chi connectivity index (χ2v) is 4.92. The van der Waals surface area contributed by atoms with E-state index in [9.17, 15) is 9.59 Å². The summed E-state index contributed by atoms with van der Waals surface area (Å²) in [6.07, 6.45) is 2.35. The molecule has 1 rings (SSSR count). The number of ether oxygens (including phenoxy) is 1. The second kappa shape index (κ2) is 7.94. The van der Waals surface area contributed by atoms with E-state index >= 15 is 0 Å². The van der Waals surface area contributed by atoms with Crippen molar-refractivity contribution in [2.24, 2.45) is 0 Å². The minimum Gasteiger partial charge on any atom is -0.462 e. The van der Waals surface area contributed by atoms with E-state index in [4.69, 9.17) is 4.74 Å². The maximum atomic E-state index is 11.6. The molecule has 19 heavy (non-hydrogen) atoms. The summed E-state index contributed by atoms with van der Waals surface area (Å²) in [5.74, 6) is -0.390. The highest BCUT2D eigenvalue weighted by atomic mass is 79.9. The van der Waals surface area contributed by atoms with Crippen molar-refractivity contribution >= 4 is 33.5 Å². The number of hydrogen-bond donors (Lipinski definition) is 1. The molecule has 1 N–H and O–H groups in total. The van der Waals surface area contributed by atoms with Crippen molar-refractivity contribution in [1.82, 2.24) is 0 Å². The molecule has 0 saturated carbocycles. The van der Waals surface area contributed by atoms with E-state index in [1.165, 1.54) is 0 Å². The van der Waals surface area contributed by atoms with Crippen LogP contribution in [0.15, 0.2) is 22.7 Å². The van der Waals surface area contributed by atoms with Gasteiger partial charge in [0.25, 0.3) is 0 Å². The second-order valence-electron chi connectivity index (χ2n) is 4.07. The number of anilines is 1. The summed E-state index contributed by atoms with van der Waals surface area (Å²) in [5, 5.41) is 2.81. The van der Waals surface area contributed by atoms with Gasteiger partial charge in [0.15, 0.2) is 0 Å². The zero-order valence-corrected chi connectivity index (χ0v) is 12.7. The minimum atomic E-state index is -0.368. The number of rotatable bonds is 6. The molecular weight excluding hydrogens is 310 g/mol. The lowest BCUT2D eigenvalue weighted by molar-refractivity contribution is -0.116. The molecule has 0 aliphatic rings. The normalized spacial score (nSPS) is 10.1. The van der Waals surface area contributed by atoms with Crippen molar-refractivity contribution in [1.29, 1.82) is 0 Å². The molecular formula is C14H18BrNO3. The monoisotopic (exact) mass is 327 g/mol. The van der Waals surface area contributed by atoms with Crippen molar-refractivity contribution in [3.63, 3.8) is 0 Å². The predicted octanol–water partition coefficient (Wildman–Crippen LogP) is 3.75. The number of halogens is 1. The number of amides is 1. The Labute approximate surface area is 121 Å². The fraction of sp³-hybridized carbons (Fsp3) is 0.429. The molecule has 0 bridgehead atoms. The van der Waals surface area contributed by atoms with Crippen LogP contribution in [0.1, 0.15) is 43.5 Å². The summed E-state index contributed by atoms with van der Waals surface area (Å²) in [5.41, 5.74) is 1.12. The molecule has 0 aliphatic carbocycles. The summed E-state index contributed by atoms with van der Waals surface area (Å²) < 4.78 is 5.58. The molecule has 0 aliphatic heterocycles. The fourth-order valence-electron chi connectivity index (χ4n) is 1.51. The smallest absolute Gasteiger partial charge is 0.338 e. The molecule has 5 heteroatoms. The molecule has 4 nitrogen and oxygen atoms in total. The van der Waals surface area contributed by atoms with Gasteiger partial charge in [0.2, 0.25) is 5.91 Å². The largest absolute Gasteiger partial charge is 0.462 e. The van der Waals surface area contributed by atoms with Gasteiger partial charge in [-0.05, 0) is 47.5 Å². The van der Waals surface area contributed by atoms with E-state index in [2.05, 4.69) is 21.2 Å². The summed E-state index contributed by atoms with van der Waals surface area (Å²) in [4.78, 5) is 23.2. The Morgan fingerprint density at radius 1 is 1.32 bits per heavy atom. The van der Waals surface area contributed by atoms with E-state index < -0.39 is 0 Å². The first-order valence-corrected chi connectivity index (χ1v) is 7.14. The van der Waals surface area contributed by atoms with Gasteiger partial charge in [0.05, 0.1) is 17.9 Å². The van der Waals surface area contributed by atoms with Crippen LogP contribution < -0.4 is 5.32 Å². The number of nitrogens with one attached hydrogen (secondary N) is 1. The first kappa shape index (κ1) is 15.7. The highest BCUT2D eigenvalue weighted by Gasteiger charge is 2.10. The van der Waals surface area contributed by atoms with Crippen LogP contribution in [0.3, 0.4) is 0 Å². The van der Waals surface area contributed by atoms with Crippen LogP contribution in [0.25, 0.3) is 0 Å². The zero-order valence-electron chi connectivity index (χ0n) is 11.2. The van der Waals surface area contributed by atoms with Crippen LogP contribution in [0.5, 0.6) is 0 Å². The number of esters is 1. The van der Waals surface area contributed by atoms with Crippen LogP contribution in [0.2, 0.25) is 0 Å². The number of carbonyl (C=O) groups is 2. The van der Waals surface area contributed by atoms with Gasteiger partial charge in [-0.15, -0.1) is 0 Å². The van der Waals surface area contributed by atoms with Crippen molar-refractivity contribution in [3.05, 3.63) is 28.2 Å². The van der Waals surface area contributed by atoms with Crippen molar-refractivity contribution in [2.45, 2.75) is 33.1 Å². The topological polar surface area (TPSA) is 55.4 Å². The third kappa shape index (κ3) is 5.03. The molecule has 0 radical (unpaired) electrons. The summed E-state index contributed by atoms with van der Waals surface area (Å²) in [6.45, 7) is 4.14. The Kier molecular flexibility index (Phi) is 6.56. The van der Waals surface area contributed by atoms with Crippen LogP contribution in [-0.2, 0) is 9.53 Å². The van der Waals surface area contributed by atoms with Crippen LogP contribution in [0, 0.1) is 0 Å².